The molecule has 24 rings (SSSR count). The number of piperidine rings is 3. The minimum atomic E-state index is -1.26. The zero-order valence-corrected chi connectivity index (χ0v) is 88.1. The van der Waals surface area contributed by atoms with Gasteiger partial charge < -0.3 is 49.3 Å². The Morgan fingerprint density at radius 2 is 0.770 bits per heavy atom. The van der Waals surface area contributed by atoms with Gasteiger partial charge in [-0.3, -0.25) is 48.4 Å². The van der Waals surface area contributed by atoms with Crippen molar-refractivity contribution in [1.82, 2.24) is 74.4 Å². The molecule has 9 fully saturated rings. The maximum Gasteiger partial charge on any atom is 0.224 e. The Morgan fingerprint density at radius 3 is 1.19 bits per heavy atom. The second-order valence-electron chi connectivity index (χ2n) is 47.5. The highest BCUT2D eigenvalue weighted by Gasteiger charge is 2.62. The van der Waals surface area contributed by atoms with Crippen LogP contribution in [0.4, 0.5) is 0 Å². The van der Waals surface area contributed by atoms with Gasteiger partial charge in [-0.25, -0.2) is 15.0 Å². The summed E-state index contributed by atoms with van der Waals surface area (Å²) >= 11 is 0. The van der Waals surface area contributed by atoms with E-state index in [1.807, 2.05) is 27.0 Å². The Kier molecular flexibility index (Phi) is 31.6. The zero-order valence-electron chi connectivity index (χ0n) is 86.1. The molecule has 9 unspecified atom stereocenters. The molecule has 3 amide bonds. The van der Waals surface area contributed by atoms with Gasteiger partial charge in [0.2, 0.25) is 17.7 Å². The van der Waals surface area contributed by atoms with Crippen molar-refractivity contribution in [2.75, 3.05) is 91.8 Å². The SMILES string of the molecule is CCC(=O)CCCCC[C@@H]1NC(=O)[C@H]2CC23CCN(C/C=C\CN2C4CCC2c2c(cccc24)-c2cnc1n2COCC[Si](C)(C)C)CC3.CCC(=O)CCCCC[C@@H]1NC(=O)[C@H]2CC23CCN(CCCCN2C4CCC2c2c(cccc24)-c2cnc1[nH]2)CC3.CCC(=O)CCCCC[C@@H]1NC(=O)[C@H]2CC23CCN(CCCCN2C4CCC2c2c(cccc24)-c2cnc1n2COCC[Si](C)(C)C)CC3. The van der Waals surface area contributed by atoms with Crippen LogP contribution < -0.4 is 16.0 Å². The summed E-state index contributed by atoms with van der Waals surface area (Å²) in [6.07, 6.45) is 47.9. The van der Waals surface area contributed by atoms with Crippen molar-refractivity contribution in [3.05, 3.63) is 136 Å². The predicted molar refractivity (Wildman–Crippen MR) is 556 cm³/mol. The maximum absolute atomic E-state index is 14.1. The molecule has 3 saturated carbocycles. The number of amides is 3. The van der Waals surface area contributed by atoms with Crippen LogP contribution in [0.1, 0.15) is 364 Å². The lowest BCUT2D eigenvalue weighted by Gasteiger charge is -2.33. The van der Waals surface area contributed by atoms with Gasteiger partial charge in [-0.2, -0.15) is 0 Å². The number of aromatic amines is 1. The molecule has 25 heteroatoms. The standard InChI is InChI=1S/C40H61N5O3Si.C40H59N5O3Si.C34H47N5O2/c2*1-5-29(46)12-7-6-8-15-33-38-41-27-36(45(38)28-48-24-25-49(2,3)4)31-14-11-13-30-34-16-17-35(37(30)31)44(34)21-10-9-20-43-22-18-40(19-23-43)26-32(40)39(47)42-33;1-2-23(40)9-4-3-5-12-27-32-35-22-28(36-32)24-10-8-11-25-29-13-14-30(31(24)25)39(29)18-7-6-17-38-19-15-34(16-20-38)21-26(34)33(41)37-27/h11,13-14,27,32-35H,5-10,12,15-26,28H2,1-4H3,(H,42,47);9-11,13-14,27,32-35H,5-8,12,15-26,28H2,1-4H3,(H,42,47);8,10-11,22,26-27,29-30H,2-7,9,12-21H2,1H3,(H,35,36)(H,37,41)/b;10-9-;/t2*32-,33+,34?,35?;26-,27+,29?,30?/m111/s1. The molecule has 754 valence electrons. The number of benzene rings is 3. The number of nitrogens with one attached hydrogen (secondary N) is 4. The highest BCUT2D eigenvalue weighted by atomic mass is 28.3. The fourth-order valence-corrected chi connectivity index (χ4v) is 28.9. The van der Waals surface area contributed by atoms with Crippen LogP contribution in [0.3, 0.4) is 0 Å². The number of H-pyrrole nitrogens is 1. The fraction of sp³-hybridized carbons (Fsp3) is 0.693. The van der Waals surface area contributed by atoms with Gasteiger partial charge in [0.15, 0.2) is 0 Å². The van der Waals surface area contributed by atoms with Gasteiger partial charge >= 0.3 is 0 Å². The zero-order chi connectivity index (χ0) is 96.3. The van der Waals surface area contributed by atoms with E-state index in [4.69, 9.17) is 24.4 Å². The average Bonchev–Trinajstić information content (AvgIpc) is 1.59. The van der Waals surface area contributed by atoms with Gasteiger partial charge in [-0.05, 0) is 288 Å². The third kappa shape index (κ3) is 22.4. The normalized spacial score (nSPS) is 31.8. The smallest absolute Gasteiger partial charge is 0.224 e. The third-order valence-corrected chi connectivity index (χ3v) is 39.7. The van der Waals surface area contributed by atoms with Crippen molar-refractivity contribution < 1.29 is 38.2 Å². The number of nitrogens with zero attached hydrogens (tertiary/aromatic N) is 11. The Balaban J connectivity index is 0.000000134. The van der Waals surface area contributed by atoms with E-state index in [-0.39, 0.29) is 69.8 Å². The maximum atomic E-state index is 14.1. The van der Waals surface area contributed by atoms with E-state index in [0.29, 0.717) is 106 Å². The predicted octanol–water partition coefficient (Wildman–Crippen LogP) is 22.1. The average molecular weight is 1930 g/mol. The first-order valence-electron chi connectivity index (χ1n) is 55.7. The first-order valence-corrected chi connectivity index (χ1v) is 63.1. The molecular weight excluding hydrogens is 1760 g/mol. The lowest BCUT2D eigenvalue weighted by atomic mass is 9.87. The number of Topliss-reactive ketones (excluding diaryl/α,β-unsaturated/α-hetero) is 3. The summed E-state index contributed by atoms with van der Waals surface area (Å²) in [6.45, 7) is 35.9. The van der Waals surface area contributed by atoms with E-state index < -0.39 is 16.1 Å². The highest BCUT2D eigenvalue weighted by Crippen LogP contribution is 2.64. The molecule has 18 aliphatic rings. The number of fused-ring (bicyclic) bond motifs is 23. The van der Waals surface area contributed by atoms with Gasteiger partial charge in [0.05, 0.1) is 53.8 Å². The lowest BCUT2D eigenvalue weighted by molar-refractivity contribution is -0.125. The summed E-state index contributed by atoms with van der Waals surface area (Å²) in [5.41, 5.74) is 16.6. The van der Waals surface area contributed by atoms with Crippen LogP contribution in [0, 0.1) is 34.0 Å². The number of imidazole rings is 3. The molecule has 3 aromatic carbocycles. The Morgan fingerprint density at radius 1 is 0.403 bits per heavy atom. The van der Waals surface area contributed by atoms with Crippen LogP contribution in [0.2, 0.25) is 51.4 Å². The lowest BCUT2D eigenvalue weighted by Crippen LogP contribution is -2.38. The molecule has 3 aromatic heterocycles. The van der Waals surface area contributed by atoms with E-state index in [1.165, 1.54) is 134 Å². The van der Waals surface area contributed by atoms with Gasteiger partial charge in [0, 0.05) is 152 Å². The summed E-state index contributed by atoms with van der Waals surface area (Å²) in [5, 5.41) is 10.6. The molecule has 6 saturated heterocycles. The van der Waals surface area contributed by atoms with E-state index in [0.717, 1.165) is 254 Å². The van der Waals surface area contributed by atoms with E-state index in [9.17, 15) is 28.8 Å². The van der Waals surface area contributed by atoms with Gasteiger partial charge in [-0.1, -0.05) is 165 Å². The molecule has 3 spiro atoms. The molecule has 139 heavy (non-hydrogen) atoms. The van der Waals surface area contributed by atoms with Crippen molar-refractivity contribution in [2.45, 2.75) is 378 Å². The fourth-order valence-electron chi connectivity index (χ4n) is 27.4. The Labute approximate surface area is 832 Å². The monoisotopic (exact) mass is 1930 g/mol. The van der Waals surface area contributed by atoms with Gasteiger partial charge in [0.1, 0.15) is 48.3 Å². The molecule has 24 bridgehead atoms. The molecular formula is C114H167N15O8Si2. The summed E-state index contributed by atoms with van der Waals surface area (Å²) in [5.74, 6) is 4.67. The molecule has 6 aromatic rings. The van der Waals surface area contributed by atoms with Gasteiger partial charge in [-0.15, -0.1) is 0 Å². The summed E-state index contributed by atoms with van der Waals surface area (Å²) in [7, 11) is -2.51. The summed E-state index contributed by atoms with van der Waals surface area (Å²) in [4.78, 5) is 113. The first kappa shape index (κ1) is 100. The minimum absolute atomic E-state index is 0.0887. The minimum Gasteiger partial charge on any atom is -0.361 e. The molecule has 3 aliphatic carbocycles. The number of carbonyl (C=O) groups excluding carboxylic acids is 6. The van der Waals surface area contributed by atoms with Crippen molar-refractivity contribution >= 4 is 51.2 Å². The number of rotatable bonds is 31. The number of hydrogen-bond acceptors (Lipinski definition) is 17. The second kappa shape index (κ2) is 43.9. The molecule has 4 N–H and O–H groups in total. The number of aromatic nitrogens is 6. The number of ether oxygens (including phenoxy) is 2. The third-order valence-electron chi connectivity index (χ3n) is 36.3. The van der Waals surface area contributed by atoms with E-state index in [2.05, 4.69) is 178 Å². The molecule has 0 radical (unpaired) electrons. The quantitative estimate of drug-likeness (QED) is 0.0180. The molecule has 15 aliphatic heterocycles. The van der Waals surface area contributed by atoms with Crippen LogP contribution in [0.25, 0.3) is 33.8 Å². The largest absolute Gasteiger partial charge is 0.361 e. The molecule has 18 heterocycles. The summed E-state index contributed by atoms with van der Waals surface area (Å²) in [6, 6.07) is 25.2. The second-order valence-corrected chi connectivity index (χ2v) is 58.8. The van der Waals surface area contributed by atoms with Crippen molar-refractivity contribution in [2.24, 2.45) is 34.0 Å². The number of unbranched alkanes of at least 4 members (excludes halogenated alkanes) is 6. The van der Waals surface area contributed by atoms with Crippen molar-refractivity contribution in [1.29, 1.82) is 0 Å². The van der Waals surface area contributed by atoms with Gasteiger partial charge in [0.25, 0.3) is 0 Å². The van der Waals surface area contributed by atoms with Crippen LogP contribution in [0.5, 0.6) is 0 Å². The van der Waals surface area contributed by atoms with Crippen LogP contribution in [0.15, 0.2) is 85.3 Å². The number of ketones is 3. The Bertz CT molecular complexity index is 5330. The van der Waals surface area contributed by atoms with Crippen molar-refractivity contribution in [3.63, 3.8) is 0 Å². The summed E-state index contributed by atoms with van der Waals surface area (Å²) < 4.78 is 17.6. The topological polar surface area (TPSA) is 241 Å². The van der Waals surface area contributed by atoms with Crippen LogP contribution in [-0.2, 0) is 51.7 Å². The number of hydrogen-bond donors (Lipinski definition) is 4. The van der Waals surface area contributed by atoms with Crippen LogP contribution in [-0.4, -0.2) is 201 Å². The molecule has 23 nitrogen and oxygen atoms in total. The van der Waals surface area contributed by atoms with E-state index in [1.54, 1.807) is 0 Å². The number of carbonyl (C=O) groups is 6. The Hall–Kier alpha value is -7.44. The van der Waals surface area contributed by atoms with Crippen LogP contribution >= 0.6 is 0 Å². The molecule has 15 atom stereocenters. The van der Waals surface area contributed by atoms with E-state index >= 15 is 0 Å². The van der Waals surface area contributed by atoms with Crippen molar-refractivity contribution in [3.8, 4) is 33.8 Å². The highest BCUT2D eigenvalue weighted by molar-refractivity contribution is 6.76. The first-order chi connectivity index (χ1) is 67.4.